The monoisotopic (exact) mass is 352 g/mol. The van der Waals surface area contributed by atoms with E-state index in [1.54, 1.807) is 6.20 Å². The molecule has 1 saturated heterocycles. The Morgan fingerprint density at radius 3 is 2.46 bits per heavy atom. The summed E-state index contributed by atoms with van der Waals surface area (Å²) in [5, 5.41) is 8.34. The molecule has 6 heteroatoms. The van der Waals surface area contributed by atoms with Crippen molar-refractivity contribution < 1.29 is 0 Å². The van der Waals surface area contributed by atoms with E-state index < -0.39 is 0 Å². The maximum atomic E-state index is 4.71. The fourth-order valence-corrected chi connectivity index (χ4v) is 3.14. The molecule has 0 aliphatic carbocycles. The molecule has 138 valence electrons. The van der Waals surface area contributed by atoms with E-state index in [2.05, 4.69) is 75.2 Å². The lowest BCUT2D eigenvalue weighted by molar-refractivity contribution is 0.283. The SMILES string of the molecule is CCN(CC)c1nncc(N2CCN(C/C=C/c3ccccc3)CC2)n1. The van der Waals surface area contributed by atoms with Crippen LogP contribution in [0.4, 0.5) is 11.8 Å². The summed E-state index contributed by atoms with van der Waals surface area (Å²) < 4.78 is 0. The van der Waals surface area contributed by atoms with Crippen molar-refractivity contribution in [2.45, 2.75) is 13.8 Å². The van der Waals surface area contributed by atoms with Crippen LogP contribution >= 0.6 is 0 Å². The summed E-state index contributed by atoms with van der Waals surface area (Å²) in [5.41, 5.74) is 1.25. The molecule has 0 unspecified atom stereocenters. The second kappa shape index (κ2) is 9.29. The van der Waals surface area contributed by atoms with Crippen molar-refractivity contribution in [3.05, 3.63) is 48.2 Å². The molecule has 0 atom stereocenters. The van der Waals surface area contributed by atoms with E-state index in [0.717, 1.165) is 57.6 Å². The first-order chi connectivity index (χ1) is 12.8. The van der Waals surface area contributed by atoms with Gasteiger partial charge in [0.05, 0.1) is 6.20 Å². The number of aromatic nitrogens is 3. The molecule has 2 aromatic rings. The molecule has 0 bridgehead atoms. The summed E-state index contributed by atoms with van der Waals surface area (Å²) in [6.07, 6.45) is 6.21. The lowest BCUT2D eigenvalue weighted by Gasteiger charge is -2.34. The Morgan fingerprint density at radius 2 is 1.77 bits per heavy atom. The summed E-state index contributed by atoms with van der Waals surface area (Å²) in [6, 6.07) is 10.4. The van der Waals surface area contributed by atoms with Crippen LogP contribution in [-0.4, -0.2) is 65.9 Å². The molecule has 2 heterocycles. The number of hydrogen-bond donors (Lipinski definition) is 0. The lowest BCUT2D eigenvalue weighted by Crippen LogP contribution is -2.46. The molecule has 3 rings (SSSR count). The van der Waals surface area contributed by atoms with E-state index in [1.807, 2.05) is 6.07 Å². The van der Waals surface area contributed by atoms with Crippen molar-refractivity contribution >= 4 is 17.8 Å². The van der Waals surface area contributed by atoms with Crippen LogP contribution < -0.4 is 9.80 Å². The van der Waals surface area contributed by atoms with Gasteiger partial charge in [-0.1, -0.05) is 42.5 Å². The highest BCUT2D eigenvalue weighted by Gasteiger charge is 2.18. The third kappa shape index (κ3) is 4.79. The predicted octanol–water partition coefficient (Wildman–Crippen LogP) is 2.55. The Balaban J connectivity index is 1.52. The maximum Gasteiger partial charge on any atom is 0.247 e. The molecule has 1 aromatic carbocycles. The average Bonchev–Trinajstić information content (AvgIpc) is 2.71. The molecule has 1 aliphatic rings. The normalized spacial score (nSPS) is 15.5. The van der Waals surface area contributed by atoms with Crippen LogP contribution in [0.2, 0.25) is 0 Å². The largest absolute Gasteiger partial charge is 0.353 e. The highest BCUT2D eigenvalue weighted by molar-refractivity contribution is 5.48. The second-order valence-electron chi connectivity index (χ2n) is 6.39. The van der Waals surface area contributed by atoms with Gasteiger partial charge in [-0.25, -0.2) is 0 Å². The zero-order valence-electron chi connectivity index (χ0n) is 15.8. The van der Waals surface area contributed by atoms with Crippen LogP contribution in [0, 0.1) is 0 Å². The summed E-state index contributed by atoms with van der Waals surface area (Å²) in [4.78, 5) is 11.6. The van der Waals surface area contributed by atoms with Gasteiger partial charge in [0.2, 0.25) is 5.95 Å². The fourth-order valence-electron chi connectivity index (χ4n) is 3.14. The highest BCUT2D eigenvalue weighted by Crippen LogP contribution is 2.15. The van der Waals surface area contributed by atoms with Crippen molar-refractivity contribution in [1.29, 1.82) is 0 Å². The Hall–Kier alpha value is -2.47. The second-order valence-corrected chi connectivity index (χ2v) is 6.39. The minimum Gasteiger partial charge on any atom is -0.353 e. The molecule has 1 fully saturated rings. The van der Waals surface area contributed by atoms with E-state index in [0.29, 0.717) is 0 Å². The highest BCUT2D eigenvalue weighted by atomic mass is 15.4. The lowest BCUT2D eigenvalue weighted by atomic mass is 10.2. The Kier molecular flexibility index (Phi) is 6.55. The van der Waals surface area contributed by atoms with Gasteiger partial charge in [-0.05, 0) is 19.4 Å². The van der Waals surface area contributed by atoms with Crippen LogP contribution in [0.25, 0.3) is 6.08 Å². The number of anilines is 2. The molecule has 1 aliphatic heterocycles. The first kappa shape index (κ1) is 18.3. The van der Waals surface area contributed by atoms with Crippen molar-refractivity contribution in [3.8, 4) is 0 Å². The van der Waals surface area contributed by atoms with E-state index >= 15 is 0 Å². The molecule has 0 amide bonds. The quantitative estimate of drug-likeness (QED) is 0.763. The van der Waals surface area contributed by atoms with Gasteiger partial charge in [-0.15, -0.1) is 5.10 Å². The third-order valence-electron chi connectivity index (χ3n) is 4.75. The van der Waals surface area contributed by atoms with E-state index in [9.17, 15) is 0 Å². The zero-order chi connectivity index (χ0) is 18.2. The molecule has 0 spiro atoms. The van der Waals surface area contributed by atoms with Gasteiger partial charge in [-0.2, -0.15) is 10.1 Å². The van der Waals surface area contributed by atoms with E-state index in [4.69, 9.17) is 4.98 Å². The van der Waals surface area contributed by atoms with Crippen LogP contribution in [-0.2, 0) is 0 Å². The van der Waals surface area contributed by atoms with Gasteiger partial charge >= 0.3 is 0 Å². The van der Waals surface area contributed by atoms with Crippen molar-refractivity contribution in [3.63, 3.8) is 0 Å². The van der Waals surface area contributed by atoms with Crippen molar-refractivity contribution in [2.75, 3.05) is 55.6 Å². The molecule has 0 saturated carbocycles. The molecule has 1 aromatic heterocycles. The third-order valence-corrected chi connectivity index (χ3v) is 4.75. The van der Waals surface area contributed by atoms with Crippen molar-refractivity contribution in [1.82, 2.24) is 20.1 Å². The summed E-state index contributed by atoms with van der Waals surface area (Å²) in [5.74, 6) is 1.65. The first-order valence-corrected chi connectivity index (χ1v) is 9.43. The van der Waals surface area contributed by atoms with Crippen LogP contribution in [0.15, 0.2) is 42.6 Å². The Bertz CT molecular complexity index is 690. The van der Waals surface area contributed by atoms with Gasteiger partial charge < -0.3 is 9.80 Å². The van der Waals surface area contributed by atoms with E-state index in [1.165, 1.54) is 5.56 Å². The smallest absolute Gasteiger partial charge is 0.247 e. The fraction of sp³-hybridized carbons (Fsp3) is 0.450. The Morgan fingerprint density at radius 1 is 1.04 bits per heavy atom. The molecule has 26 heavy (non-hydrogen) atoms. The molecular formula is C20H28N6. The number of benzene rings is 1. The van der Waals surface area contributed by atoms with Crippen LogP contribution in [0.3, 0.4) is 0 Å². The standard InChI is InChI=1S/C20H28N6/c1-3-25(4-2)20-22-19(17-21-23-20)26-15-13-24(14-16-26)12-8-11-18-9-6-5-7-10-18/h5-11,17H,3-4,12-16H2,1-2H3/b11-8+. The molecular weight excluding hydrogens is 324 g/mol. The summed E-state index contributed by atoms with van der Waals surface area (Å²) in [7, 11) is 0. The van der Waals surface area contributed by atoms with Gasteiger partial charge in [0, 0.05) is 45.8 Å². The molecule has 0 N–H and O–H groups in total. The Labute approximate surface area is 156 Å². The number of piperazine rings is 1. The van der Waals surface area contributed by atoms with Gasteiger partial charge in [-0.3, -0.25) is 4.90 Å². The minimum absolute atomic E-state index is 0.723. The van der Waals surface area contributed by atoms with Gasteiger partial charge in [0.1, 0.15) is 0 Å². The number of hydrogen-bond acceptors (Lipinski definition) is 6. The van der Waals surface area contributed by atoms with Gasteiger partial charge in [0.15, 0.2) is 5.82 Å². The number of rotatable bonds is 7. The maximum absolute atomic E-state index is 4.71. The van der Waals surface area contributed by atoms with Gasteiger partial charge in [0.25, 0.3) is 0 Å². The van der Waals surface area contributed by atoms with E-state index in [-0.39, 0.29) is 0 Å². The number of nitrogens with zero attached hydrogens (tertiary/aromatic N) is 6. The molecule has 0 radical (unpaired) electrons. The zero-order valence-corrected chi connectivity index (χ0v) is 15.8. The van der Waals surface area contributed by atoms with Crippen LogP contribution in [0.5, 0.6) is 0 Å². The first-order valence-electron chi connectivity index (χ1n) is 9.43. The summed E-state index contributed by atoms with van der Waals surface area (Å²) in [6.45, 7) is 11.0. The average molecular weight is 352 g/mol. The topological polar surface area (TPSA) is 48.4 Å². The van der Waals surface area contributed by atoms with Crippen molar-refractivity contribution in [2.24, 2.45) is 0 Å². The minimum atomic E-state index is 0.723. The summed E-state index contributed by atoms with van der Waals surface area (Å²) >= 11 is 0. The molecule has 6 nitrogen and oxygen atoms in total. The van der Waals surface area contributed by atoms with Crippen LogP contribution in [0.1, 0.15) is 19.4 Å². The predicted molar refractivity (Wildman–Crippen MR) is 108 cm³/mol.